The number of nitrogens with zero attached hydrogens (tertiary/aromatic N) is 5. The highest BCUT2D eigenvalue weighted by molar-refractivity contribution is 5.94. The van der Waals surface area contributed by atoms with Crippen molar-refractivity contribution in [3.05, 3.63) is 48.5 Å². The molecule has 10 nitrogen and oxygen atoms in total. The third-order valence-corrected chi connectivity index (χ3v) is 5.80. The molecule has 2 aromatic heterocycles. The van der Waals surface area contributed by atoms with Gasteiger partial charge in [0.1, 0.15) is 0 Å². The number of hydrogen-bond acceptors (Lipinski definition) is 7. The lowest BCUT2D eigenvalue weighted by Gasteiger charge is -2.39. The predicted molar refractivity (Wildman–Crippen MR) is 118 cm³/mol. The first-order valence-electron chi connectivity index (χ1n) is 11.0. The molecular formula is C22H23F6N5O5. The number of halogens is 6. The molecule has 1 amide bonds. The lowest BCUT2D eigenvalue weighted by molar-refractivity contribution is -0.193. The molecule has 16 heteroatoms. The number of hydrogen-bond donors (Lipinski definition) is 2. The van der Waals surface area contributed by atoms with Gasteiger partial charge in [-0.05, 0) is 42.9 Å². The van der Waals surface area contributed by atoms with Gasteiger partial charge in [-0.2, -0.15) is 26.3 Å². The fourth-order valence-corrected chi connectivity index (χ4v) is 3.83. The van der Waals surface area contributed by atoms with E-state index in [-0.39, 0.29) is 5.91 Å². The van der Waals surface area contributed by atoms with E-state index in [1.54, 1.807) is 36.9 Å². The van der Waals surface area contributed by atoms with Gasteiger partial charge >= 0.3 is 24.3 Å². The highest BCUT2D eigenvalue weighted by Crippen LogP contribution is 2.41. The number of carbonyl (C=O) groups is 3. The molecule has 0 atom stereocenters. The fraction of sp³-hybridized carbons (Fsp3) is 0.455. The molecule has 2 N–H and O–H groups in total. The predicted octanol–water partition coefficient (Wildman–Crippen LogP) is 3.27. The summed E-state index contributed by atoms with van der Waals surface area (Å²) in [6, 6.07) is 5.42. The van der Waals surface area contributed by atoms with Crippen LogP contribution in [-0.4, -0.2) is 86.4 Å². The van der Waals surface area contributed by atoms with Crippen molar-refractivity contribution in [2.45, 2.75) is 31.6 Å². The number of carbonyl (C=O) groups excluding carboxylic acids is 1. The van der Waals surface area contributed by atoms with E-state index in [4.69, 9.17) is 19.8 Å². The van der Waals surface area contributed by atoms with Crippen LogP contribution in [0.4, 0.5) is 32.3 Å². The minimum absolute atomic E-state index is 0.119. The summed E-state index contributed by atoms with van der Waals surface area (Å²) in [6.45, 7) is 3.64. The van der Waals surface area contributed by atoms with E-state index < -0.39 is 24.3 Å². The number of rotatable bonds is 2. The lowest BCUT2D eigenvalue weighted by atomic mass is 9.77. The van der Waals surface area contributed by atoms with E-state index >= 15 is 0 Å². The highest BCUT2D eigenvalue weighted by Gasteiger charge is 2.42. The number of carboxylic acid groups (broad SMARTS) is 2. The SMILES string of the molecule is O=C(O)C(F)(F)F.O=C(O)C(F)(F)F.O=C(c1ccncc1)N1CCC2(CC1)CCN(c1ncccn1)C2. The first-order chi connectivity index (χ1) is 17.6. The molecule has 4 heterocycles. The van der Waals surface area contributed by atoms with E-state index in [1.807, 2.05) is 11.0 Å². The van der Waals surface area contributed by atoms with E-state index in [2.05, 4.69) is 19.9 Å². The Morgan fingerprint density at radius 2 is 1.24 bits per heavy atom. The lowest BCUT2D eigenvalue weighted by Crippen LogP contribution is -2.44. The van der Waals surface area contributed by atoms with Gasteiger partial charge in [0, 0.05) is 56.5 Å². The highest BCUT2D eigenvalue weighted by atomic mass is 19.4. The summed E-state index contributed by atoms with van der Waals surface area (Å²) in [5, 5.41) is 14.2. The Labute approximate surface area is 211 Å². The number of aliphatic carboxylic acids is 2. The van der Waals surface area contributed by atoms with Crippen molar-refractivity contribution in [2.75, 3.05) is 31.1 Å². The molecule has 0 aromatic carbocycles. The number of likely N-dealkylation sites (tertiary alicyclic amines) is 1. The molecular weight excluding hydrogens is 528 g/mol. The van der Waals surface area contributed by atoms with Gasteiger partial charge in [-0.25, -0.2) is 19.6 Å². The average molecular weight is 551 g/mol. The second-order valence-electron chi connectivity index (χ2n) is 8.35. The summed E-state index contributed by atoms with van der Waals surface area (Å²) >= 11 is 0. The van der Waals surface area contributed by atoms with Crippen LogP contribution in [-0.2, 0) is 9.59 Å². The van der Waals surface area contributed by atoms with E-state index in [9.17, 15) is 31.1 Å². The van der Waals surface area contributed by atoms with Gasteiger partial charge in [0.2, 0.25) is 5.95 Å². The fourth-order valence-electron chi connectivity index (χ4n) is 3.83. The van der Waals surface area contributed by atoms with E-state index in [0.717, 1.165) is 57.0 Å². The number of aromatic nitrogens is 3. The first kappa shape index (κ1) is 30.2. The van der Waals surface area contributed by atoms with Crippen LogP contribution in [0.25, 0.3) is 0 Å². The maximum Gasteiger partial charge on any atom is 0.490 e. The summed E-state index contributed by atoms with van der Waals surface area (Å²) in [6.07, 6.45) is 0.0241. The summed E-state index contributed by atoms with van der Waals surface area (Å²) < 4.78 is 63.5. The zero-order valence-electron chi connectivity index (χ0n) is 19.6. The zero-order valence-corrected chi connectivity index (χ0v) is 19.6. The van der Waals surface area contributed by atoms with Gasteiger partial charge in [-0.15, -0.1) is 0 Å². The van der Waals surface area contributed by atoms with Crippen LogP contribution < -0.4 is 4.90 Å². The third-order valence-electron chi connectivity index (χ3n) is 5.80. The Morgan fingerprint density at radius 1 is 0.789 bits per heavy atom. The molecule has 2 saturated heterocycles. The van der Waals surface area contributed by atoms with Gasteiger partial charge < -0.3 is 20.0 Å². The van der Waals surface area contributed by atoms with E-state index in [1.165, 1.54) is 0 Å². The molecule has 0 aliphatic carbocycles. The maximum atomic E-state index is 12.6. The summed E-state index contributed by atoms with van der Waals surface area (Å²) in [5.74, 6) is -4.57. The topological polar surface area (TPSA) is 137 Å². The maximum absolute atomic E-state index is 12.6. The molecule has 2 aromatic rings. The largest absolute Gasteiger partial charge is 0.490 e. The van der Waals surface area contributed by atoms with Crippen molar-refractivity contribution in [2.24, 2.45) is 5.41 Å². The van der Waals surface area contributed by atoms with Crippen LogP contribution in [0.2, 0.25) is 0 Å². The molecule has 0 unspecified atom stereocenters. The molecule has 0 saturated carbocycles. The Bertz CT molecular complexity index is 1050. The minimum atomic E-state index is -5.08. The smallest absolute Gasteiger partial charge is 0.475 e. The van der Waals surface area contributed by atoms with Crippen molar-refractivity contribution in [3.63, 3.8) is 0 Å². The second kappa shape index (κ2) is 12.5. The van der Waals surface area contributed by atoms with Gasteiger partial charge in [0.25, 0.3) is 5.91 Å². The molecule has 2 fully saturated rings. The van der Waals surface area contributed by atoms with Crippen LogP contribution >= 0.6 is 0 Å². The number of alkyl halides is 6. The van der Waals surface area contributed by atoms with Crippen LogP contribution in [0.3, 0.4) is 0 Å². The van der Waals surface area contributed by atoms with Crippen LogP contribution in [0.5, 0.6) is 0 Å². The van der Waals surface area contributed by atoms with Crippen LogP contribution in [0.15, 0.2) is 43.0 Å². The van der Waals surface area contributed by atoms with Crippen LogP contribution in [0.1, 0.15) is 29.6 Å². The monoisotopic (exact) mass is 551 g/mol. The molecule has 4 rings (SSSR count). The summed E-state index contributed by atoms with van der Waals surface area (Å²) in [4.78, 5) is 47.3. The molecule has 208 valence electrons. The Morgan fingerprint density at radius 3 is 1.68 bits per heavy atom. The van der Waals surface area contributed by atoms with E-state index in [0.29, 0.717) is 5.41 Å². The molecule has 0 bridgehead atoms. The van der Waals surface area contributed by atoms with Crippen molar-refractivity contribution < 1.29 is 50.9 Å². The normalized spacial score (nSPS) is 16.6. The number of carboxylic acids is 2. The van der Waals surface area contributed by atoms with Gasteiger partial charge in [-0.3, -0.25) is 9.78 Å². The average Bonchev–Trinajstić information content (AvgIpc) is 3.28. The quantitative estimate of drug-likeness (QED) is 0.539. The standard InChI is InChI=1S/C18H21N5O.2C2HF3O2/c24-16(15-2-9-19-10-3-15)22-11-4-18(5-12-22)6-13-23(14-18)17-20-7-1-8-21-17;2*3-2(4,5)1(6)7/h1-3,7-10H,4-6,11-14H2;2*(H,6,7). The number of piperidine rings is 1. The third kappa shape index (κ3) is 8.85. The first-order valence-corrected chi connectivity index (χ1v) is 11.0. The van der Waals surface area contributed by atoms with Crippen LogP contribution in [0, 0.1) is 5.41 Å². The van der Waals surface area contributed by atoms with Crippen molar-refractivity contribution in [3.8, 4) is 0 Å². The molecule has 0 radical (unpaired) electrons. The number of pyridine rings is 1. The Kier molecular flexibility index (Phi) is 9.96. The van der Waals surface area contributed by atoms with Crippen molar-refractivity contribution >= 4 is 23.8 Å². The molecule has 1 spiro atoms. The summed E-state index contributed by atoms with van der Waals surface area (Å²) in [5.41, 5.74) is 1.03. The molecule has 2 aliphatic rings. The van der Waals surface area contributed by atoms with Gasteiger partial charge in [-0.1, -0.05) is 0 Å². The van der Waals surface area contributed by atoms with Crippen molar-refractivity contribution in [1.29, 1.82) is 0 Å². The minimum Gasteiger partial charge on any atom is -0.475 e. The second-order valence-corrected chi connectivity index (χ2v) is 8.35. The number of amides is 1. The van der Waals surface area contributed by atoms with Gasteiger partial charge in [0.15, 0.2) is 0 Å². The molecule has 38 heavy (non-hydrogen) atoms. The number of anilines is 1. The molecule has 2 aliphatic heterocycles. The van der Waals surface area contributed by atoms with Gasteiger partial charge in [0.05, 0.1) is 0 Å². The summed E-state index contributed by atoms with van der Waals surface area (Å²) in [7, 11) is 0. The van der Waals surface area contributed by atoms with Crippen molar-refractivity contribution in [1.82, 2.24) is 19.9 Å². The Balaban J connectivity index is 0.000000301. The zero-order chi connectivity index (χ0) is 28.6. The Hall–Kier alpha value is -3.98.